The van der Waals surface area contributed by atoms with E-state index in [0.29, 0.717) is 12.2 Å². The number of ether oxygens (including phenoxy) is 2. The van der Waals surface area contributed by atoms with Gasteiger partial charge in [0, 0.05) is 5.56 Å². The first-order valence-electron chi connectivity index (χ1n) is 8.68. The number of para-hydroxylation sites is 1. The maximum Gasteiger partial charge on any atom is 0.392 e. The summed E-state index contributed by atoms with van der Waals surface area (Å²) in [5, 5.41) is 0. The molecule has 0 saturated heterocycles. The molecule has 1 unspecified atom stereocenters. The van der Waals surface area contributed by atoms with Gasteiger partial charge in [0.1, 0.15) is 11.4 Å². The van der Waals surface area contributed by atoms with E-state index in [0.717, 1.165) is 16.7 Å². The van der Waals surface area contributed by atoms with Crippen LogP contribution in [-0.2, 0) is 9.53 Å². The van der Waals surface area contributed by atoms with Gasteiger partial charge in [0.2, 0.25) is 0 Å². The molecule has 1 aliphatic rings. The topological polar surface area (TPSA) is 35.5 Å². The Bertz CT molecular complexity index is 685. The first-order chi connectivity index (χ1) is 12.0. The van der Waals surface area contributed by atoms with Crippen LogP contribution in [-0.4, -0.2) is 24.4 Å². The van der Waals surface area contributed by atoms with Crippen LogP contribution in [0.1, 0.15) is 51.2 Å². The second-order valence-electron chi connectivity index (χ2n) is 7.57. The van der Waals surface area contributed by atoms with Crippen molar-refractivity contribution in [3.8, 4) is 5.75 Å². The summed E-state index contributed by atoms with van der Waals surface area (Å²) in [6.45, 7) is 6.92. The quantitative estimate of drug-likeness (QED) is 0.660. The summed E-state index contributed by atoms with van der Waals surface area (Å²) in [6, 6.07) is 5.49. The number of benzene rings is 1. The molecule has 0 aromatic heterocycles. The van der Waals surface area contributed by atoms with Gasteiger partial charge in [0.25, 0.3) is 0 Å². The van der Waals surface area contributed by atoms with Crippen molar-refractivity contribution in [3.63, 3.8) is 0 Å². The normalized spacial score (nSPS) is 18.3. The van der Waals surface area contributed by atoms with E-state index in [2.05, 4.69) is 0 Å². The highest BCUT2D eigenvalue weighted by Gasteiger charge is 2.39. The Morgan fingerprint density at radius 1 is 1.23 bits per heavy atom. The van der Waals surface area contributed by atoms with Crippen LogP contribution in [0.5, 0.6) is 5.75 Å². The lowest BCUT2D eigenvalue weighted by atomic mass is 9.85. The number of carbonyl (C=O) groups excluding carboxylic acids is 1. The largest absolute Gasteiger partial charge is 0.481 e. The highest BCUT2D eigenvalue weighted by Crippen LogP contribution is 2.41. The Kier molecular flexibility index (Phi) is 6.04. The fourth-order valence-corrected chi connectivity index (χ4v) is 2.98. The van der Waals surface area contributed by atoms with Crippen LogP contribution in [0.2, 0.25) is 0 Å². The van der Waals surface area contributed by atoms with Gasteiger partial charge in [0.05, 0.1) is 5.92 Å². The molecule has 1 aromatic rings. The Morgan fingerprint density at radius 3 is 2.46 bits per heavy atom. The summed E-state index contributed by atoms with van der Waals surface area (Å²) >= 11 is 0. The zero-order valence-electron chi connectivity index (χ0n) is 15.6. The molecule has 1 aliphatic carbocycles. The molecule has 0 bridgehead atoms. The van der Waals surface area contributed by atoms with Crippen molar-refractivity contribution in [1.82, 2.24) is 0 Å². The molecule has 0 N–H and O–H groups in total. The van der Waals surface area contributed by atoms with Gasteiger partial charge in [-0.2, -0.15) is 13.2 Å². The van der Waals surface area contributed by atoms with E-state index in [4.69, 9.17) is 9.47 Å². The van der Waals surface area contributed by atoms with Gasteiger partial charge >= 0.3 is 12.1 Å². The van der Waals surface area contributed by atoms with E-state index in [9.17, 15) is 18.0 Å². The lowest BCUT2D eigenvalue weighted by molar-refractivity contribution is -0.175. The molecule has 0 aliphatic heterocycles. The number of rotatable bonds is 4. The van der Waals surface area contributed by atoms with Crippen LogP contribution in [0, 0.1) is 12.8 Å². The van der Waals surface area contributed by atoms with E-state index in [-0.39, 0.29) is 19.4 Å². The number of carbonyl (C=O) groups is 1. The average Bonchev–Trinajstić information content (AvgIpc) is 2.51. The SMILES string of the molecule is Cc1cccc(C2=CCC(C(F)(F)F)CC2)c1OCC(=O)OC(C)(C)C. The molecule has 0 saturated carbocycles. The minimum absolute atomic E-state index is 0.0295. The van der Waals surface area contributed by atoms with Crippen LogP contribution in [0.25, 0.3) is 5.57 Å². The number of alkyl halides is 3. The van der Waals surface area contributed by atoms with Crippen LogP contribution in [0.3, 0.4) is 0 Å². The molecule has 3 nitrogen and oxygen atoms in total. The highest BCUT2D eigenvalue weighted by molar-refractivity contribution is 5.74. The Balaban J connectivity index is 2.15. The minimum atomic E-state index is -4.16. The molecule has 1 atom stereocenters. The second kappa shape index (κ2) is 7.72. The van der Waals surface area contributed by atoms with Gasteiger partial charge in [-0.05, 0) is 58.1 Å². The summed E-state index contributed by atoms with van der Waals surface area (Å²) < 4.78 is 49.5. The van der Waals surface area contributed by atoms with Crippen molar-refractivity contribution < 1.29 is 27.4 Å². The molecule has 2 rings (SSSR count). The number of halogens is 3. The van der Waals surface area contributed by atoms with E-state index in [1.165, 1.54) is 0 Å². The fourth-order valence-electron chi connectivity index (χ4n) is 2.98. The summed E-state index contributed by atoms with van der Waals surface area (Å²) in [6.07, 6.45) is -2.16. The Hall–Kier alpha value is -1.98. The van der Waals surface area contributed by atoms with Crippen LogP contribution >= 0.6 is 0 Å². The molecule has 144 valence electrons. The first-order valence-corrected chi connectivity index (χ1v) is 8.68. The number of aryl methyl sites for hydroxylation is 1. The molecule has 0 heterocycles. The molecule has 0 amide bonds. The molecule has 0 spiro atoms. The molecule has 6 heteroatoms. The van der Waals surface area contributed by atoms with Gasteiger partial charge < -0.3 is 9.47 Å². The monoisotopic (exact) mass is 370 g/mol. The predicted octanol–water partition coefficient (Wildman–Crippen LogP) is 5.46. The Morgan fingerprint density at radius 2 is 1.92 bits per heavy atom. The molecule has 26 heavy (non-hydrogen) atoms. The Labute approximate surface area is 152 Å². The molecule has 1 aromatic carbocycles. The average molecular weight is 370 g/mol. The molecular formula is C20H25F3O3. The third-order valence-corrected chi connectivity index (χ3v) is 4.19. The van der Waals surface area contributed by atoms with Gasteiger partial charge in [-0.25, -0.2) is 4.79 Å². The standard InChI is InChI=1S/C20H25F3O3/c1-13-6-5-7-16(14-8-10-15(11-9-14)20(21,22)23)18(13)25-12-17(24)26-19(2,3)4/h5-8,15H,9-12H2,1-4H3. The van der Waals surface area contributed by atoms with Gasteiger partial charge in [-0.15, -0.1) is 0 Å². The summed E-state index contributed by atoms with van der Waals surface area (Å²) in [5.74, 6) is -1.25. The summed E-state index contributed by atoms with van der Waals surface area (Å²) in [5.41, 5.74) is 1.79. The van der Waals surface area contributed by atoms with Gasteiger partial charge in [-0.3, -0.25) is 0 Å². The van der Waals surface area contributed by atoms with Crippen molar-refractivity contribution in [2.75, 3.05) is 6.61 Å². The summed E-state index contributed by atoms with van der Waals surface area (Å²) in [4.78, 5) is 11.9. The molecule has 0 radical (unpaired) electrons. The van der Waals surface area contributed by atoms with Crippen LogP contribution in [0.15, 0.2) is 24.3 Å². The number of esters is 1. The van der Waals surface area contributed by atoms with Crippen molar-refractivity contribution in [1.29, 1.82) is 0 Å². The highest BCUT2D eigenvalue weighted by atomic mass is 19.4. The smallest absolute Gasteiger partial charge is 0.392 e. The number of allylic oxidation sites excluding steroid dienone is 2. The van der Waals surface area contributed by atoms with Crippen molar-refractivity contribution in [2.45, 2.75) is 58.7 Å². The first kappa shape index (κ1) is 20.3. The number of hydrogen-bond acceptors (Lipinski definition) is 3. The zero-order valence-corrected chi connectivity index (χ0v) is 15.6. The van der Waals surface area contributed by atoms with Crippen LogP contribution < -0.4 is 4.74 Å². The maximum absolute atomic E-state index is 12.9. The van der Waals surface area contributed by atoms with Crippen molar-refractivity contribution >= 4 is 11.5 Å². The lowest BCUT2D eigenvalue weighted by Crippen LogP contribution is -2.27. The van der Waals surface area contributed by atoms with Gasteiger partial charge in [-0.1, -0.05) is 24.3 Å². The fraction of sp³-hybridized carbons (Fsp3) is 0.550. The van der Waals surface area contributed by atoms with E-state index in [1.54, 1.807) is 26.8 Å². The minimum Gasteiger partial charge on any atom is -0.481 e. The third kappa shape index (κ3) is 5.51. The second-order valence-corrected chi connectivity index (χ2v) is 7.57. The van der Waals surface area contributed by atoms with Crippen LogP contribution in [0.4, 0.5) is 13.2 Å². The summed E-state index contributed by atoms with van der Waals surface area (Å²) in [7, 11) is 0. The third-order valence-electron chi connectivity index (χ3n) is 4.19. The number of hydrogen-bond donors (Lipinski definition) is 0. The van der Waals surface area contributed by atoms with Gasteiger partial charge in [0.15, 0.2) is 6.61 Å². The lowest BCUT2D eigenvalue weighted by Gasteiger charge is -2.25. The van der Waals surface area contributed by atoms with E-state index in [1.807, 2.05) is 25.1 Å². The van der Waals surface area contributed by atoms with E-state index < -0.39 is 23.7 Å². The predicted molar refractivity (Wildman–Crippen MR) is 93.9 cm³/mol. The molecule has 0 fully saturated rings. The molecular weight excluding hydrogens is 345 g/mol. The van der Waals surface area contributed by atoms with Crippen molar-refractivity contribution in [3.05, 3.63) is 35.4 Å². The van der Waals surface area contributed by atoms with E-state index >= 15 is 0 Å². The zero-order chi connectivity index (χ0) is 19.5. The maximum atomic E-state index is 12.9. The van der Waals surface area contributed by atoms with Crippen molar-refractivity contribution in [2.24, 2.45) is 5.92 Å².